The summed E-state index contributed by atoms with van der Waals surface area (Å²) in [5.74, 6) is 1.54. The number of carbonyl (C=O) groups excluding carboxylic acids is 1. The largest absolute Gasteiger partial charge is 0.457 e. The first-order valence-corrected chi connectivity index (χ1v) is 11.7. The van der Waals surface area contributed by atoms with E-state index in [1.807, 2.05) is 43.3 Å². The molecule has 0 unspecified atom stereocenters. The zero-order valence-electron chi connectivity index (χ0n) is 19.5. The number of rotatable bonds is 6. The van der Waals surface area contributed by atoms with E-state index in [0.29, 0.717) is 28.7 Å². The Balaban J connectivity index is 1.24. The molecule has 3 heterocycles. The molecule has 0 radical (unpaired) electrons. The summed E-state index contributed by atoms with van der Waals surface area (Å²) >= 11 is 0. The molecule has 0 atom stereocenters. The summed E-state index contributed by atoms with van der Waals surface area (Å²) in [6, 6.07) is 14.9. The zero-order valence-corrected chi connectivity index (χ0v) is 19.5. The minimum absolute atomic E-state index is 0.188. The van der Waals surface area contributed by atoms with Crippen LogP contribution in [0.5, 0.6) is 11.5 Å². The van der Waals surface area contributed by atoms with Gasteiger partial charge in [0.25, 0.3) is 5.91 Å². The molecular weight excluding hydrogens is 442 g/mol. The molecule has 1 aliphatic carbocycles. The molecule has 0 bridgehead atoms. The number of pyridine rings is 2. The van der Waals surface area contributed by atoms with Crippen molar-refractivity contribution in [1.29, 1.82) is 0 Å². The van der Waals surface area contributed by atoms with E-state index in [4.69, 9.17) is 4.74 Å². The van der Waals surface area contributed by atoms with Crippen LogP contribution in [0.4, 0.5) is 5.69 Å². The molecule has 0 aliphatic heterocycles. The van der Waals surface area contributed by atoms with Crippen LogP contribution < -0.4 is 10.1 Å². The Bertz CT molecular complexity index is 1280. The Labute approximate surface area is 203 Å². The van der Waals surface area contributed by atoms with Gasteiger partial charge in [0.05, 0.1) is 41.1 Å². The van der Waals surface area contributed by atoms with Gasteiger partial charge in [-0.15, -0.1) is 0 Å². The van der Waals surface area contributed by atoms with Crippen molar-refractivity contribution < 1.29 is 14.6 Å². The second-order valence-corrected chi connectivity index (χ2v) is 8.77. The van der Waals surface area contributed by atoms with Crippen LogP contribution in [0, 0.1) is 6.92 Å². The number of aliphatic hydroxyl groups excluding tert-OH is 1. The first-order chi connectivity index (χ1) is 17.1. The van der Waals surface area contributed by atoms with Gasteiger partial charge in [-0.3, -0.25) is 14.8 Å². The Kier molecular flexibility index (Phi) is 6.54. The number of hydrogen-bond donors (Lipinski definition) is 2. The van der Waals surface area contributed by atoms with E-state index in [-0.39, 0.29) is 12.0 Å². The van der Waals surface area contributed by atoms with Crippen LogP contribution >= 0.6 is 0 Å². The van der Waals surface area contributed by atoms with E-state index in [9.17, 15) is 9.90 Å². The minimum atomic E-state index is -0.235. The fraction of sp³-hybridized carbons (Fsp3) is 0.259. The summed E-state index contributed by atoms with van der Waals surface area (Å²) in [4.78, 5) is 21.5. The smallest absolute Gasteiger partial charge is 0.259 e. The highest BCUT2D eigenvalue weighted by molar-refractivity contribution is 6.04. The predicted octanol–water partition coefficient (Wildman–Crippen LogP) is 5.03. The number of aliphatic hydroxyl groups is 1. The van der Waals surface area contributed by atoms with Crippen molar-refractivity contribution in [2.45, 2.75) is 44.6 Å². The van der Waals surface area contributed by atoms with E-state index in [2.05, 4.69) is 20.4 Å². The third-order valence-corrected chi connectivity index (χ3v) is 6.38. The molecule has 5 rings (SSSR count). The van der Waals surface area contributed by atoms with Crippen LogP contribution in [-0.2, 0) is 0 Å². The van der Waals surface area contributed by atoms with E-state index in [1.54, 1.807) is 41.6 Å². The molecule has 2 N–H and O–H groups in total. The lowest BCUT2D eigenvalue weighted by atomic mass is 9.85. The van der Waals surface area contributed by atoms with Crippen LogP contribution in [0.15, 0.2) is 73.3 Å². The number of nitrogens with one attached hydrogen (secondary N) is 1. The minimum Gasteiger partial charge on any atom is -0.457 e. The molecule has 3 aromatic heterocycles. The van der Waals surface area contributed by atoms with Gasteiger partial charge < -0.3 is 15.2 Å². The maximum atomic E-state index is 12.9. The van der Waals surface area contributed by atoms with Gasteiger partial charge in [-0.25, -0.2) is 4.68 Å². The third-order valence-electron chi connectivity index (χ3n) is 6.38. The Hall–Kier alpha value is -4.04. The van der Waals surface area contributed by atoms with Crippen molar-refractivity contribution in [2.75, 3.05) is 5.32 Å². The summed E-state index contributed by atoms with van der Waals surface area (Å²) in [5.41, 5.74) is 3.70. The number of ether oxygens (including phenoxy) is 1. The molecule has 1 saturated carbocycles. The summed E-state index contributed by atoms with van der Waals surface area (Å²) in [7, 11) is 0. The van der Waals surface area contributed by atoms with E-state index < -0.39 is 0 Å². The van der Waals surface area contributed by atoms with Gasteiger partial charge in [-0.2, -0.15) is 5.10 Å². The lowest BCUT2D eigenvalue weighted by Gasteiger charge is -2.24. The Morgan fingerprint density at radius 1 is 0.971 bits per heavy atom. The normalized spacial score (nSPS) is 17.7. The zero-order chi connectivity index (χ0) is 24.2. The van der Waals surface area contributed by atoms with Crippen LogP contribution in [0.1, 0.15) is 53.3 Å². The first kappa shape index (κ1) is 22.7. The lowest BCUT2D eigenvalue weighted by Crippen LogP contribution is -2.18. The van der Waals surface area contributed by atoms with E-state index in [1.165, 1.54) is 0 Å². The highest BCUT2D eigenvalue weighted by atomic mass is 16.5. The van der Waals surface area contributed by atoms with Gasteiger partial charge in [-0.1, -0.05) is 0 Å². The standard InChI is InChI=1S/C27H27N5O3/c1-18-25(27(34)31-20-4-11-26(29-16-20)19-2-7-22(33)8-3-19)17-30-32(18)21-5-9-23(10-6-21)35-24-12-14-28-15-13-24/h4-6,9-17,19,22,33H,2-3,7-8H2,1H3,(H,31,34). The van der Waals surface area contributed by atoms with Gasteiger partial charge >= 0.3 is 0 Å². The average molecular weight is 470 g/mol. The number of nitrogens with zero attached hydrogens (tertiary/aromatic N) is 4. The fourth-order valence-corrected chi connectivity index (χ4v) is 4.38. The number of benzene rings is 1. The number of aromatic nitrogens is 4. The van der Waals surface area contributed by atoms with Crippen LogP contribution in [0.2, 0.25) is 0 Å². The quantitative estimate of drug-likeness (QED) is 0.410. The van der Waals surface area contributed by atoms with Gasteiger partial charge in [-0.05, 0) is 81.1 Å². The van der Waals surface area contributed by atoms with Gasteiger partial charge in [0.15, 0.2) is 0 Å². The van der Waals surface area contributed by atoms with Crippen molar-refractivity contribution >= 4 is 11.6 Å². The molecule has 8 nitrogen and oxygen atoms in total. The maximum Gasteiger partial charge on any atom is 0.259 e. The molecule has 35 heavy (non-hydrogen) atoms. The molecule has 1 aliphatic rings. The second kappa shape index (κ2) is 10.1. The third kappa shape index (κ3) is 5.22. The fourth-order valence-electron chi connectivity index (χ4n) is 4.38. The van der Waals surface area contributed by atoms with Crippen molar-refractivity contribution in [2.24, 2.45) is 0 Å². The maximum absolute atomic E-state index is 12.9. The van der Waals surface area contributed by atoms with Crippen molar-refractivity contribution in [3.8, 4) is 17.2 Å². The monoisotopic (exact) mass is 469 g/mol. The second-order valence-electron chi connectivity index (χ2n) is 8.77. The Morgan fingerprint density at radius 2 is 1.69 bits per heavy atom. The lowest BCUT2D eigenvalue weighted by molar-refractivity contribution is 0.102. The molecule has 1 amide bonds. The van der Waals surface area contributed by atoms with Crippen molar-refractivity contribution in [3.63, 3.8) is 0 Å². The summed E-state index contributed by atoms with van der Waals surface area (Å²) in [5, 5.41) is 17.0. The van der Waals surface area contributed by atoms with Gasteiger partial charge in [0, 0.05) is 24.0 Å². The summed E-state index contributed by atoms with van der Waals surface area (Å²) in [6.45, 7) is 1.86. The molecular formula is C27H27N5O3. The summed E-state index contributed by atoms with van der Waals surface area (Å²) < 4.78 is 7.54. The van der Waals surface area contributed by atoms with E-state index in [0.717, 1.165) is 42.8 Å². The average Bonchev–Trinajstić information content (AvgIpc) is 3.27. The highest BCUT2D eigenvalue weighted by Gasteiger charge is 2.22. The molecule has 0 spiro atoms. The molecule has 1 fully saturated rings. The number of hydrogen-bond acceptors (Lipinski definition) is 6. The SMILES string of the molecule is Cc1c(C(=O)Nc2ccc(C3CCC(O)CC3)nc2)cnn1-c1ccc(Oc2ccncc2)cc1. The molecule has 8 heteroatoms. The van der Waals surface area contributed by atoms with Gasteiger partial charge in [0.2, 0.25) is 0 Å². The van der Waals surface area contributed by atoms with Crippen LogP contribution in [-0.4, -0.2) is 36.9 Å². The number of amides is 1. The number of carbonyl (C=O) groups is 1. The highest BCUT2D eigenvalue weighted by Crippen LogP contribution is 2.32. The summed E-state index contributed by atoms with van der Waals surface area (Å²) in [6.07, 6.45) is 9.94. The molecule has 178 valence electrons. The van der Waals surface area contributed by atoms with Gasteiger partial charge in [0.1, 0.15) is 11.5 Å². The predicted molar refractivity (Wildman–Crippen MR) is 132 cm³/mol. The molecule has 1 aromatic carbocycles. The van der Waals surface area contributed by atoms with Crippen molar-refractivity contribution in [3.05, 3.63) is 90.3 Å². The first-order valence-electron chi connectivity index (χ1n) is 11.7. The molecule has 0 saturated heterocycles. The van der Waals surface area contributed by atoms with Crippen molar-refractivity contribution in [1.82, 2.24) is 19.7 Å². The van der Waals surface area contributed by atoms with Crippen LogP contribution in [0.3, 0.4) is 0 Å². The Morgan fingerprint density at radius 3 is 2.37 bits per heavy atom. The number of anilines is 1. The van der Waals surface area contributed by atoms with Crippen LogP contribution in [0.25, 0.3) is 5.69 Å². The molecule has 4 aromatic rings. The van der Waals surface area contributed by atoms with E-state index >= 15 is 0 Å². The topological polar surface area (TPSA) is 102 Å².